The van der Waals surface area contributed by atoms with Crippen molar-refractivity contribution < 1.29 is 9.59 Å². The van der Waals surface area contributed by atoms with Crippen molar-refractivity contribution in [1.29, 1.82) is 0 Å². The van der Waals surface area contributed by atoms with Crippen molar-refractivity contribution in [3.8, 4) is 0 Å². The van der Waals surface area contributed by atoms with Crippen molar-refractivity contribution in [2.24, 2.45) is 5.41 Å². The van der Waals surface area contributed by atoms with Crippen LogP contribution in [-0.4, -0.2) is 43.9 Å². The number of hydrogen-bond acceptors (Lipinski definition) is 3. The third-order valence-electron chi connectivity index (χ3n) is 4.32. The average molecular weight is 303 g/mol. The molecule has 0 spiro atoms. The molecule has 1 saturated heterocycles. The van der Waals surface area contributed by atoms with E-state index >= 15 is 0 Å². The zero-order valence-electron chi connectivity index (χ0n) is 13.6. The molecule has 1 aromatic rings. The van der Waals surface area contributed by atoms with E-state index in [1.165, 1.54) is 0 Å². The Labute approximate surface area is 132 Å². The molecule has 5 nitrogen and oxygen atoms in total. The maximum absolute atomic E-state index is 12.7. The van der Waals surface area contributed by atoms with Gasteiger partial charge in [0.1, 0.15) is 0 Å². The van der Waals surface area contributed by atoms with Gasteiger partial charge in [-0.2, -0.15) is 0 Å². The van der Waals surface area contributed by atoms with Crippen LogP contribution in [0.15, 0.2) is 24.3 Å². The van der Waals surface area contributed by atoms with E-state index in [-0.39, 0.29) is 17.2 Å². The smallest absolute Gasteiger partial charge is 0.251 e. The highest BCUT2D eigenvalue weighted by Crippen LogP contribution is 2.28. The molecule has 1 fully saturated rings. The molecule has 1 heterocycles. The van der Waals surface area contributed by atoms with Gasteiger partial charge in [-0.05, 0) is 44.0 Å². The highest BCUT2D eigenvalue weighted by Gasteiger charge is 2.36. The third-order valence-corrected chi connectivity index (χ3v) is 4.32. The van der Waals surface area contributed by atoms with Gasteiger partial charge in [-0.25, -0.2) is 0 Å². The Kier molecular flexibility index (Phi) is 5.19. The lowest BCUT2D eigenvalue weighted by atomic mass is 9.81. The number of amides is 2. The summed E-state index contributed by atoms with van der Waals surface area (Å²) < 4.78 is 0. The molecular formula is C17H25N3O2. The van der Waals surface area contributed by atoms with Crippen LogP contribution in [0.5, 0.6) is 0 Å². The molecule has 2 amide bonds. The molecule has 0 radical (unpaired) electrons. The Bertz CT molecular complexity index is 533. The van der Waals surface area contributed by atoms with Gasteiger partial charge in [0.25, 0.3) is 5.91 Å². The van der Waals surface area contributed by atoms with E-state index in [2.05, 4.69) is 10.6 Å². The first-order valence-electron chi connectivity index (χ1n) is 7.73. The number of benzene rings is 1. The minimum absolute atomic E-state index is 0.100. The summed E-state index contributed by atoms with van der Waals surface area (Å²) >= 11 is 0. The summed E-state index contributed by atoms with van der Waals surface area (Å²) in [5, 5.41) is 5.91. The standard InChI is InChI=1S/C17H25N3O2/c1-17(9-4-10-19-12-17)16(22)20(3)11-13-5-7-14(8-6-13)15(21)18-2/h5-8,19H,4,9-12H2,1-3H3,(H,18,21). The molecule has 0 aromatic heterocycles. The fourth-order valence-corrected chi connectivity index (χ4v) is 2.95. The molecule has 2 rings (SSSR count). The number of carbonyl (C=O) groups is 2. The van der Waals surface area contributed by atoms with E-state index < -0.39 is 0 Å². The molecule has 1 unspecified atom stereocenters. The van der Waals surface area contributed by atoms with Gasteiger partial charge in [0.2, 0.25) is 5.91 Å². The first-order chi connectivity index (χ1) is 10.5. The molecule has 2 N–H and O–H groups in total. The molecule has 1 aromatic carbocycles. The summed E-state index contributed by atoms with van der Waals surface area (Å²) in [7, 11) is 3.45. The molecule has 5 heteroatoms. The first kappa shape index (κ1) is 16.5. The molecule has 0 saturated carbocycles. The van der Waals surface area contributed by atoms with Gasteiger partial charge in [0.05, 0.1) is 5.41 Å². The lowest BCUT2D eigenvalue weighted by molar-refractivity contribution is -0.141. The van der Waals surface area contributed by atoms with Crippen LogP contribution in [0, 0.1) is 5.41 Å². The van der Waals surface area contributed by atoms with E-state index in [0.29, 0.717) is 12.1 Å². The maximum atomic E-state index is 12.7. The van der Waals surface area contributed by atoms with Gasteiger partial charge in [-0.3, -0.25) is 9.59 Å². The average Bonchev–Trinajstić information content (AvgIpc) is 2.54. The quantitative estimate of drug-likeness (QED) is 0.884. The fraction of sp³-hybridized carbons (Fsp3) is 0.529. The van der Waals surface area contributed by atoms with E-state index in [9.17, 15) is 9.59 Å². The summed E-state index contributed by atoms with van der Waals surface area (Å²) in [4.78, 5) is 26.0. The number of hydrogen-bond donors (Lipinski definition) is 2. The molecule has 0 bridgehead atoms. The summed E-state index contributed by atoms with van der Waals surface area (Å²) in [6.45, 7) is 4.33. The van der Waals surface area contributed by atoms with Crippen molar-refractivity contribution in [3.63, 3.8) is 0 Å². The minimum atomic E-state index is -0.310. The number of carbonyl (C=O) groups excluding carboxylic acids is 2. The number of rotatable bonds is 4. The van der Waals surface area contributed by atoms with Crippen molar-refractivity contribution >= 4 is 11.8 Å². The second kappa shape index (κ2) is 6.92. The molecule has 1 atom stereocenters. The molecule has 0 aliphatic carbocycles. The Balaban J connectivity index is 2.00. The Morgan fingerprint density at radius 1 is 1.32 bits per heavy atom. The molecular weight excluding hydrogens is 278 g/mol. The van der Waals surface area contributed by atoms with Gasteiger partial charge in [0, 0.05) is 32.7 Å². The van der Waals surface area contributed by atoms with Crippen molar-refractivity contribution in [3.05, 3.63) is 35.4 Å². The van der Waals surface area contributed by atoms with Crippen LogP contribution in [0.3, 0.4) is 0 Å². The van der Waals surface area contributed by atoms with Crippen molar-refractivity contribution in [1.82, 2.24) is 15.5 Å². The highest BCUT2D eigenvalue weighted by molar-refractivity contribution is 5.93. The maximum Gasteiger partial charge on any atom is 0.251 e. The minimum Gasteiger partial charge on any atom is -0.355 e. The van der Waals surface area contributed by atoms with Crippen LogP contribution in [-0.2, 0) is 11.3 Å². The Morgan fingerprint density at radius 2 is 2.00 bits per heavy atom. The van der Waals surface area contributed by atoms with Gasteiger partial charge < -0.3 is 15.5 Å². The summed E-state index contributed by atoms with van der Waals surface area (Å²) in [5.74, 6) is 0.0758. The second-order valence-electron chi connectivity index (χ2n) is 6.28. The molecule has 1 aliphatic rings. The SMILES string of the molecule is CNC(=O)c1ccc(CN(C)C(=O)C2(C)CCCNC2)cc1. The summed E-state index contributed by atoms with van der Waals surface area (Å²) in [6.07, 6.45) is 1.97. The van der Waals surface area contributed by atoms with Crippen molar-refractivity contribution in [2.75, 3.05) is 27.2 Å². The molecule has 22 heavy (non-hydrogen) atoms. The fourth-order valence-electron chi connectivity index (χ4n) is 2.95. The monoisotopic (exact) mass is 303 g/mol. The predicted octanol–water partition coefficient (Wildman–Crippen LogP) is 1.39. The van der Waals surface area contributed by atoms with Crippen molar-refractivity contribution in [2.45, 2.75) is 26.3 Å². The number of nitrogens with one attached hydrogen (secondary N) is 2. The van der Waals surface area contributed by atoms with Crippen LogP contribution in [0.25, 0.3) is 0 Å². The topological polar surface area (TPSA) is 61.4 Å². The lowest BCUT2D eigenvalue weighted by Gasteiger charge is -2.36. The van der Waals surface area contributed by atoms with E-state index in [0.717, 1.165) is 31.5 Å². The molecule has 120 valence electrons. The van der Waals surface area contributed by atoms with Gasteiger partial charge in [-0.1, -0.05) is 12.1 Å². The second-order valence-corrected chi connectivity index (χ2v) is 6.28. The molecule has 1 aliphatic heterocycles. The zero-order valence-corrected chi connectivity index (χ0v) is 13.6. The highest BCUT2D eigenvalue weighted by atomic mass is 16.2. The normalized spacial score (nSPS) is 21.2. The number of piperidine rings is 1. The van der Waals surface area contributed by atoms with E-state index in [1.54, 1.807) is 24.1 Å². The number of nitrogens with zero attached hydrogens (tertiary/aromatic N) is 1. The lowest BCUT2D eigenvalue weighted by Crippen LogP contribution is -2.48. The summed E-state index contributed by atoms with van der Waals surface area (Å²) in [6, 6.07) is 7.37. The van der Waals surface area contributed by atoms with E-state index in [4.69, 9.17) is 0 Å². The Morgan fingerprint density at radius 3 is 2.55 bits per heavy atom. The van der Waals surface area contributed by atoms with Gasteiger partial charge in [0.15, 0.2) is 0 Å². The van der Waals surface area contributed by atoms with Crippen LogP contribution in [0.1, 0.15) is 35.7 Å². The third kappa shape index (κ3) is 3.65. The van der Waals surface area contributed by atoms with Crippen LogP contribution >= 0.6 is 0 Å². The van der Waals surface area contributed by atoms with Gasteiger partial charge >= 0.3 is 0 Å². The van der Waals surface area contributed by atoms with Crippen LogP contribution in [0.2, 0.25) is 0 Å². The van der Waals surface area contributed by atoms with E-state index in [1.807, 2.05) is 26.1 Å². The van der Waals surface area contributed by atoms with Crippen LogP contribution in [0.4, 0.5) is 0 Å². The zero-order chi connectivity index (χ0) is 16.2. The summed E-state index contributed by atoms with van der Waals surface area (Å²) in [5.41, 5.74) is 1.34. The van der Waals surface area contributed by atoms with Gasteiger partial charge in [-0.15, -0.1) is 0 Å². The first-order valence-corrected chi connectivity index (χ1v) is 7.73. The van der Waals surface area contributed by atoms with Crippen LogP contribution < -0.4 is 10.6 Å². The predicted molar refractivity (Wildman–Crippen MR) is 86.5 cm³/mol. The largest absolute Gasteiger partial charge is 0.355 e. The Hall–Kier alpha value is -1.88.